The number of carbonyl (C=O) groups excluding carboxylic acids is 2. The molecule has 3 aliphatic rings. The Morgan fingerprint density at radius 2 is 1.96 bits per heavy atom. The molecule has 0 spiro atoms. The van der Waals surface area contributed by atoms with Crippen molar-refractivity contribution in [1.82, 2.24) is 10.2 Å². The highest BCUT2D eigenvalue weighted by Crippen LogP contribution is 2.52. The Kier molecular flexibility index (Phi) is 5.56. The highest BCUT2D eigenvalue weighted by Gasteiger charge is 2.61. The van der Waals surface area contributed by atoms with Crippen molar-refractivity contribution < 1.29 is 9.59 Å². The largest absolute Gasteiger partial charge is 0.353 e. The number of hydrogen-bond acceptors (Lipinski definition) is 2. The van der Waals surface area contributed by atoms with Gasteiger partial charge in [0.2, 0.25) is 11.8 Å². The van der Waals surface area contributed by atoms with Crippen LogP contribution in [0.3, 0.4) is 0 Å². The Labute approximate surface area is 168 Å². The number of nitrogens with one attached hydrogen (secondary N) is 1. The molecule has 2 heterocycles. The molecule has 4 heteroatoms. The van der Waals surface area contributed by atoms with Crippen molar-refractivity contribution in [2.45, 2.75) is 82.8 Å². The van der Waals surface area contributed by atoms with Gasteiger partial charge >= 0.3 is 0 Å². The van der Waals surface area contributed by atoms with Crippen LogP contribution in [0.2, 0.25) is 0 Å². The smallest absolute Gasteiger partial charge is 0.228 e. The summed E-state index contributed by atoms with van der Waals surface area (Å²) in [5.74, 6) is 0.420. The molecule has 1 saturated carbocycles. The zero-order valence-corrected chi connectivity index (χ0v) is 16.9. The SMILES string of the molecule is CC=CCCCC(=O)N1[C@H]2CC[C@@H]1[C@](Cc1ccccc1)(C(=O)NC1CC1)C2. The Hall–Kier alpha value is -2.10. The van der Waals surface area contributed by atoms with Crippen LogP contribution in [0.4, 0.5) is 0 Å². The first-order valence-electron chi connectivity index (χ1n) is 10.9. The van der Waals surface area contributed by atoms with E-state index in [0.29, 0.717) is 12.5 Å². The maximum atomic E-state index is 13.4. The second-order valence-electron chi connectivity index (χ2n) is 8.78. The highest BCUT2D eigenvalue weighted by molar-refractivity contribution is 5.87. The van der Waals surface area contributed by atoms with Crippen molar-refractivity contribution in [3.8, 4) is 0 Å². The molecule has 2 bridgehead atoms. The second kappa shape index (κ2) is 8.10. The van der Waals surface area contributed by atoms with Gasteiger partial charge < -0.3 is 10.2 Å². The lowest BCUT2D eigenvalue weighted by Gasteiger charge is -2.36. The molecule has 3 atom stereocenters. The fourth-order valence-corrected chi connectivity index (χ4v) is 5.26. The Morgan fingerprint density at radius 1 is 1.18 bits per heavy atom. The first-order chi connectivity index (χ1) is 13.6. The van der Waals surface area contributed by atoms with Crippen LogP contribution >= 0.6 is 0 Å². The lowest BCUT2D eigenvalue weighted by molar-refractivity contribution is -0.136. The van der Waals surface area contributed by atoms with Crippen LogP contribution < -0.4 is 5.32 Å². The molecule has 1 aromatic carbocycles. The van der Waals surface area contributed by atoms with Crippen molar-refractivity contribution in [3.05, 3.63) is 48.0 Å². The van der Waals surface area contributed by atoms with Crippen molar-refractivity contribution in [1.29, 1.82) is 0 Å². The molecular weight excluding hydrogens is 348 g/mol. The standard InChI is InChI=1S/C24H32N2O2/c1-2-3-4-8-11-22(27)26-20-14-15-21(26)24(17-20,23(28)25-19-12-13-19)16-18-9-6-5-7-10-18/h2-3,5-7,9-10,19-21H,4,8,11-17H2,1H3,(H,25,28)/t20-,21+,24+/m0/s1. The summed E-state index contributed by atoms with van der Waals surface area (Å²) in [5, 5.41) is 3.28. The van der Waals surface area contributed by atoms with Gasteiger partial charge in [0, 0.05) is 24.5 Å². The molecular formula is C24H32N2O2. The van der Waals surface area contributed by atoms with Gasteiger partial charge in [-0.25, -0.2) is 0 Å². The number of nitrogens with zero attached hydrogens (tertiary/aromatic N) is 1. The Morgan fingerprint density at radius 3 is 2.68 bits per heavy atom. The maximum Gasteiger partial charge on any atom is 0.228 e. The zero-order valence-electron chi connectivity index (χ0n) is 16.9. The molecule has 4 nitrogen and oxygen atoms in total. The minimum Gasteiger partial charge on any atom is -0.353 e. The molecule has 0 aromatic heterocycles. The van der Waals surface area contributed by atoms with Gasteiger partial charge in [0.25, 0.3) is 0 Å². The van der Waals surface area contributed by atoms with Crippen LogP contribution in [0.25, 0.3) is 0 Å². The van der Waals surface area contributed by atoms with Gasteiger partial charge in [-0.2, -0.15) is 0 Å². The summed E-state index contributed by atoms with van der Waals surface area (Å²) in [4.78, 5) is 28.6. The van der Waals surface area contributed by atoms with Crippen molar-refractivity contribution in [3.63, 3.8) is 0 Å². The van der Waals surface area contributed by atoms with Crippen LogP contribution in [0.15, 0.2) is 42.5 Å². The van der Waals surface area contributed by atoms with Crippen LogP contribution in [-0.2, 0) is 16.0 Å². The monoisotopic (exact) mass is 380 g/mol. The third-order valence-corrected chi connectivity index (χ3v) is 6.75. The molecule has 2 saturated heterocycles. The second-order valence-corrected chi connectivity index (χ2v) is 8.78. The van der Waals surface area contributed by atoms with Crippen LogP contribution in [0.5, 0.6) is 0 Å². The minimum absolute atomic E-state index is 0.0469. The van der Waals surface area contributed by atoms with E-state index < -0.39 is 5.41 Å². The topological polar surface area (TPSA) is 49.4 Å². The molecule has 0 radical (unpaired) electrons. The van der Waals surface area contributed by atoms with Gasteiger partial charge in [0.1, 0.15) is 0 Å². The van der Waals surface area contributed by atoms with Crippen molar-refractivity contribution in [2.24, 2.45) is 5.41 Å². The summed E-state index contributed by atoms with van der Waals surface area (Å²) in [5.41, 5.74) is 0.729. The van der Waals surface area contributed by atoms with E-state index in [-0.39, 0.29) is 23.9 Å². The van der Waals surface area contributed by atoms with E-state index >= 15 is 0 Å². The number of amides is 2. The number of unbranched alkanes of at least 4 members (excludes halogenated alkanes) is 1. The third kappa shape index (κ3) is 3.74. The molecule has 28 heavy (non-hydrogen) atoms. The van der Waals surface area contributed by atoms with E-state index in [1.54, 1.807) is 0 Å². The first-order valence-corrected chi connectivity index (χ1v) is 10.9. The van der Waals surface area contributed by atoms with E-state index in [1.807, 2.05) is 31.2 Å². The fraction of sp³-hybridized carbons (Fsp3) is 0.583. The molecule has 3 fully saturated rings. The molecule has 1 aromatic rings. The van der Waals surface area contributed by atoms with Crippen LogP contribution in [0.1, 0.15) is 63.9 Å². The van der Waals surface area contributed by atoms with Gasteiger partial charge in [-0.15, -0.1) is 0 Å². The summed E-state index contributed by atoms with van der Waals surface area (Å²) in [7, 11) is 0. The Bertz CT molecular complexity index is 740. The van der Waals surface area contributed by atoms with E-state index in [0.717, 1.165) is 51.4 Å². The molecule has 1 N–H and O–H groups in total. The average molecular weight is 381 g/mol. The van der Waals surface area contributed by atoms with Gasteiger partial charge in [-0.3, -0.25) is 9.59 Å². The van der Waals surface area contributed by atoms with E-state index in [2.05, 4.69) is 28.4 Å². The zero-order chi connectivity index (χ0) is 19.6. The summed E-state index contributed by atoms with van der Waals surface area (Å²) >= 11 is 0. The van der Waals surface area contributed by atoms with Gasteiger partial charge in [0.05, 0.1) is 5.41 Å². The van der Waals surface area contributed by atoms with Crippen LogP contribution in [0, 0.1) is 5.41 Å². The lowest BCUT2D eigenvalue weighted by Crippen LogP contribution is -2.51. The molecule has 2 amide bonds. The van der Waals surface area contributed by atoms with E-state index in [1.165, 1.54) is 5.56 Å². The van der Waals surface area contributed by atoms with E-state index in [4.69, 9.17) is 0 Å². The van der Waals surface area contributed by atoms with E-state index in [9.17, 15) is 9.59 Å². The third-order valence-electron chi connectivity index (χ3n) is 6.75. The normalized spacial score (nSPS) is 28.8. The summed E-state index contributed by atoms with van der Waals surface area (Å²) in [6.45, 7) is 2.01. The molecule has 1 aliphatic carbocycles. The molecule has 150 valence electrons. The summed E-state index contributed by atoms with van der Waals surface area (Å²) in [6, 6.07) is 11.0. The highest BCUT2D eigenvalue weighted by atomic mass is 16.2. The predicted molar refractivity (Wildman–Crippen MR) is 111 cm³/mol. The number of hydrogen-bond donors (Lipinski definition) is 1. The number of benzene rings is 1. The number of carbonyl (C=O) groups is 2. The number of rotatable bonds is 8. The predicted octanol–water partition coefficient (Wildman–Crippen LogP) is 4.00. The first kappa shape index (κ1) is 19.2. The molecule has 0 unspecified atom stereocenters. The fourth-order valence-electron chi connectivity index (χ4n) is 5.26. The quantitative estimate of drug-likeness (QED) is 0.547. The van der Waals surface area contributed by atoms with Crippen molar-refractivity contribution in [2.75, 3.05) is 0 Å². The Balaban J connectivity index is 1.54. The average Bonchev–Trinajstić information content (AvgIpc) is 3.34. The van der Waals surface area contributed by atoms with Crippen LogP contribution in [-0.4, -0.2) is 34.8 Å². The van der Waals surface area contributed by atoms with Gasteiger partial charge in [0.15, 0.2) is 0 Å². The summed E-state index contributed by atoms with van der Waals surface area (Å²) < 4.78 is 0. The lowest BCUT2D eigenvalue weighted by atomic mass is 9.69. The molecule has 4 rings (SSSR count). The number of allylic oxidation sites excluding steroid dienone is 2. The van der Waals surface area contributed by atoms with Gasteiger partial charge in [-0.1, -0.05) is 42.5 Å². The summed E-state index contributed by atoms with van der Waals surface area (Å²) in [6.07, 6.45) is 12.3. The maximum absolute atomic E-state index is 13.4. The number of fused-ring (bicyclic) bond motifs is 2. The minimum atomic E-state index is -0.466. The molecule has 2 aliphatic heterocycles. The van der Waals surface area contributed by atoms with Crippen molar-refractivity contribution >= 4 is 11.8 Å². The van der Waals surface area contributed by atoms with Gasteiger partial charge in [-0.05, 0) is 63.9 Å².